The van der Waals surface area contributed by atoms with Crippen LogP contribution in [0.4, 0.5) is 5.69 Å². The largest absolute Gasteiger partial charge is 0.437 e. The van der Waals surface area contributed by atoms with Gasteiger partial charge in [0.1, 0.15) is 10.6 Å². The third-order valence-electron chi connectivity index (χ3n) is 6.98. The number of nitro groups is 1. The van der Waals surface area contributed by atoms with Gasteiger partial charge in [-0.2, -0.15) is 9.78 Å². The number of hydrogen-bond acceptors (Lipinski definition) is 8. The molecule has 1 fully saturated rings. The van der Waals surface area contributed by atoms with Gasteiger partial charge in [0.05, 0.1) is 23.8 Å². The molecule has 214 valence electrons. The standard InChI is InChI=1S/C27H33N5O7S/c1-6-18(3)29-40(36,37)24-16-21(32(34)35)10-11-23(24)39-27-20(5)25(26(33)30-12-14-38-15-13-30)28-31(27)22-9-7-8-17(2)19(22)4/h7-11,16,18,29H,6,12-15H2,1-5H3. The first-order valence-electron chi connectivity index (χ1n) is 13.0. The van der Waals surface area contributed by atoms with E-state index in [1.165, 1.54) is 16.8 Å². The van der Waals surface area contributed by atoms with E-state index in [4.69, 9.17) is 9.47 Å². The highest BCUT2D eigenvalue weighted by Crippen LogP contribution is 2.37. The molecule has 1 aliphatic rings. The minimum Gasteiger partial charge on any atom is -0.437 e. The highest BCUT2D eigenvalue weighted by molar-refractivity contribution is 7.89. The Morgan fingerprint density at radius 3 is 2.52 bits per heavy atom. The van der Waals surface area contributed by atoms with Gasteiger partial charge in [-0.3, -0.25) is 14.9 Å². The van der Waals surface area contributed by atoms with Crippen LogP contribution in [0, 0.1) is 30.9 Å². The predicted molar refractivity (Wildman–Crippen MR) is 148 cm³/mol. The fraction of sp³-hybridized carbons (Fsp3) is 0.407. The number of aromatic nitrogens is 2. The Labute approximate surface area is 233 Å². The average molecular weight is 572 g/mol. The van der Waals surface area contributed by atoms with Crippen molar-refractivity contribution >= 4 is 21.6 Å². The molecule has 12 nitrogen and oxygen atoms in total. The third kappa shape index (κ3) is 5.86. The molecule has 1 aromatic heterocycles. The minimum absolute atomic E-state index is 0.124. The molecule has 2 aromatic carbocycles. The molecule has 1 unspecified atom stereocenters. The van der Waals surface area contributed by atoms with Crippen LogP contribution in [-0.2, 0) is 14.8 Å². The van der Waals surface area contributed by atoms with E-state index in [-0.39, 0.29) is 23.2 Å². The molecule has 1 N–H and O–H groups in total. The van der Waals surface area contributed by atoms with Crippen LogP contribution in [-0.4, -0.2) is 66.3 Å². The number of non-ortho nitro benzene ring substituents is 1. The maximum absolute atomic E-state index is 13.5. The lowest BCUT2D eigenvalue weighted by Gasteiger charge is -2.26. The molecule has 0 bridgehead atoms. The van der Waals surface area contributed by atoms with E-state index in [0.717, 1.165) is 17.2 Å². The summed E-state index contributed by atoms with van der Waals surface area (Å²) in [5.41, 5.74) is 2.66. The highest BCUT2D eigenvalue weighted by Gasteiger charge is 2.30. The average Bonchev–Trinajstić information content (AvgIpc) is 3.25. The number of morpholine rings is 1. The number of benzene rings is 2. The molecule has 1 aliphatic heterocycles. The van der Waals surface area contributed by atoms with Crippen molar-refractivity contribution in [1.82, 2.24) is 19.4 Å². The van der Waals surface area contributed by atoms with Crippen molar-refractivity contribution in [3.63, 3.8) is 0 Å². The van der Waals surface area contributed by atoms with Gasteiger partial charge in [-0.25, -0.2) is 13.1 Å². The van der Waals surface area contributed by atoms with Gasteiger partial charge in [0, 0.05) is 36.8 Å². The SMILES string of the molecule is CCC(C)NS(=O)(=O)c1cc([N+](=O)[O-])ccc1Oc1c(C)c(C(=O)N2CCOCC2)nn1-c1cccc(C)c1C. The van der Waals surface area contributed by atoms with Gasteiger partial charge in [0.15, 0.2) is 5.69 Å². The lowest BCUT2D eigenvalue weighted by molar-refractivity contribution is -0.385. The van der Waals surface area contributed by atoms with Crippen molar-refractivity contribution in [3.05, 3.63) is 68.9 Å². The Balaban J connectivity index is 1.89. The number of nitrogens with zero attached hydrogens (tertiary/aromatic N) is 4. The summed E-state index contributed by atoms with van der Waals surface area (Å²) in [4.78, 5) is 25.6. The van der Waals surface area contributed by atoms with E-state index in [9.17, 15) is 23.3 Å². The summed E-state index contributed by atoms with van der Waals surface area (Å²) in [5, 5.41) is 16.1. The van der Waals surface area contributed by atoms with E-state index < -0.39 is 31.6 Å². The van der Waals surface area contributed by atoms with Gasteiger partial charge in [0.2, 0.25) is 15.9 Å². The fourth-order valence-electron chi connectivity index (χ4n) is 4.27. The predicted octanol–water partition coefficient (Wildman–Crippen LogP) is 4.05. The van der Waals surface area contributed by atoms with E-state index >= 15 is 0 Å². The van der Waals surface area contributed by atoms with Gasteiger partial charge in [-0.05, 0) is 57.4 Å². The number of nitrogens with one attached hydrogen (secondary N) is 1. The number of hydrogen-bond donors (Lipinski definition) is 1. The molecule has 1 amide bonds. The van der Waals surface area contributed by atoms with E-state index in [0.29, 0.717) is 44.0 Å². The number of ether oxygens (including phenoxy) is 2. The first kappa shape index (κ1) is 29.2. The molecule has 3 aromatic rings. The second-order valence-corrected chi connectivity index (χ2v) is 11.4. The maximum Gasteiger partial charge on any atom is 0.274 e. The molecule has 13 heteroatoms. The second-order valence-electron chi connectivity index (χ2n) is 9.73. The first-order chi connectivity index (χ1) is 18.9. The molecule has 40 heavy (non-hydrogen) atoms. The zero-order valence-corrected chi connectivity index (χ0v) is 23.9. The van der Waals surface area contributed by atoms with Gasteiger partial charge in [0.25, 0.3) is 11.6 Å². The summed E-state index contributed by atoms with van der Waals surface area (Å²) in [6, 6.07) is 8.57. The summed E-state index contributed by atoms with van der Waals surface area (Å²) in [6.45, 7) is 10.7. The molecule has 1 saturated heterocycles. The van der Waals surface area contributed by atoms with Crippen LogP contribution in [0.2, 0.25) is 0 Å². The molecule has 0 saturated carbocycles. The van der Waals surface area contributed by atoms with Crippen LogP contribution >= 0.6 is 0 Å². The van der Waals surface area contributed by atoms with Crippen LogP contribution < -0.4 is 9.46 Å². The van der Waals surface area contributed by atoms with Crippen LogP contribution in [0.15, 0.2) is 41.3 Å². The summed E-state index contributed by atoms with van der Waals surface area (Å²) < 4.78 is 42.3. The number of sulfonamides is 1. The van der Waals surface area contributed by atoms with E-state index in [1.54, 1.807) is 18.7 Å². The summed E-state index contributed by atoms with van der Waals surface area (Å²) in [6.07, 6.45) is 0.510. The van der Waals surface area contributed by atoms with Gasteiger partial charge < -0.3 is 14.4 Å². The Kier molecular flexibility index (Phi) is 8.57. The molecule has 2 heterocycles. The fourth-order valence-corrected chi connectivity index (χ4v) is 5.74. The maximum atomic E-state index is 13.5. The zero-order valence-electron chi connectivity index (χ0n) is 23.1. The minimum atomic E-state index is -4.21. The highest BCUT2D eigenvalue weighted by atomic mass is 32.2. The molecule has 4 rings (SSSR count). The number of nitro benzene ring substituents is 1. The number of aryl methyl sites for hydroxylation is 1. The zero-order chi connectivity index (χ0) is 29.2. The lowest BCUT2D eigenvalue weighted by atomic mass is 10.1. The quantitative estimate of drug-likeness (QED) is 0.299. The van der Waals surface area contributed by atoms with Crippen molar-refractivity contribution in [2.45, 2.75) is 52.0 Å². The lowest BCUT2D eigenvalue weighted by Crippen LogP contribution is -2.41. The van der Waals surface area contributed by atoms with Crippen LogP contribution in [0.3, 0.4) is 0 Å². The molecule has 0 radical (unpaired) electrons. The number of carbonyl (C=O) groups is 1. The number of rotatable bonds is 9. The summed E-state index contributed by atoms with van der Waals surface area (Å²) in [7, 11) is -4.21. The van der Waals surface area contributed by atoms with Gasteiger partial charge in [-0.15, -0.1) is 0 Å². The Morgan fingerprint density at radius 2 is 1.88 bits per heavy atom. The number of carbonyl (C=O) groups excluding carboxylic acids is 1. The third-order valence-corrected chi connectivity index (χ3v) is 8.59. The van der Waals surface area contributed by atoms with Gasteiger partial charge >= 0.3 is 0 Å². The van der Waals surface area contributed by atoms with Crippen LogP contribution in [0.1, 0.15) is 47.4 Å². The molecular formula is C27H33N5O7S. The molecule has 1 atom stereocenters. The number of amides is 1. The van der Waals surface area contributed by atoms with Crippen LogP contribution in [0.5, 0.6) is 11.6 Å². The van der Waals surface area contributed by atoms with E-state index in [2.05, 4.69) is 9.82 Å². The van der Waals surface area contributed by atoms with Crippen LogP contribution in [0.25, 0.3) is 5.69 Å². The Bertz CT molecular complexity index is 1540. The molecule has 0 spiro atoms. The second kappa shape index (κ2) is 11.7. The molecular weight excluding hydrogens is 538 g/mol. The Hall–Kier alpha value is -3.81. The topological polar surface area (TPSA) is 146 Å². The van der Waals surface area contributed by atoms with E-state index in [1.807, 2.05) is 39.0 Å². The van der Waals surface area contributed by atoms with Crippen molar-refractivity contribution in [3.8, 4) is 17.3 Å². The molecule has 0 aliphatic carbocycles. The smallest absolute Gasteiger partial charge is 0.274 e. The summed E-state index contributed by atoms with van der Waals surface area (Å²) in [5.74, 6) is -0.315. The van der Waals surface area contributed by atoms with Crippen molar-refractivity contribution in [2.24, 2.45) is 0 Å². The normalized spacial score (nSPS) is 14.7. The van der Waals surface area contributed by atoms with Crippen molar-refractivity contribution in [2.75, 3.05) is 26.3 Å². The van der Waals surface area contributed by atoms with Crippen molar-refractivity contribution < 1.29 is 27.6 Å². The Morgan fingerprint density at radius 1 is 1.18 bits per heavy atom. The monoisotopic (exact) mass is 571 g/mol. The summed E-state index contributed by atoms with van der Waals surface area (Å²) >= 11 is 0. The first-order valence-corrected chi connectivity index (χ1v) is 14.4. The van der Waals surface area contributed by atoms with Gasteiger partial charge in [-0.1, -0.05) is 19.1 Å². The van der Waals surface area contributed by atoms with Crippen molar-refractivity contribution in [1.29, 1.82) is 0 Å².